The SMILES string of the molecule is CCCC=C(CC)C(CC)c1ccccc1. The molecular weight excluding hydrogens is 192 g/mol. The molecule has 1 rings (SSSR count). The fourth-order valence-corrected chi connectivity index (χ4v) is 2.26. The zero-order valence-corrected chi connectivity index (χ0v) is 10.9. The summed E-state index contributed by atoms with van der Waals surface area (Å²) in [7, 11) is 0. The van der Waals surface area contributed by atoms with Crippen LogP contribution in [-0.2, 0) is 0 Å². The highest BCUT2D eigenvalue weighted by Crippen LogP contribution is 2.29. The van der Waals surface area contributed by atoms with Gasteiger partial charge in [-0.2, -0.15) is 0 Å². The zero-order valence-electron chi connectivity index (χ0n) is 10.9. The molecule has 0 aliphatic carbocycles. The highest BCUT2D eigenvalue weighted by molar-refractivity contribution is 5.28. The normalized spacial score (nSPS) is 13.8. The summed E-state index contributed by atoms with van der Waals surface area (Å²) < 4.78 is 0. The van der Waals surface area contributed by atoms with Crippen LogP contribution in [0.1, 0.15) is 57.9 Å². The van der Waals surface area contributed by atoms with Crippen molar-refractivity contribution in [2.75, 3.05) is 0 Å². The molecule has 0 bridgehead atoms. The van der Waals surface area contributed by atoms with Gasteiger partial charge in [-0.15, -0.1) is 0 Å². The van der Waals surface area contributed by atoms with Crippen molar-refractivity contribution in [2.45, 2.75) is 52.4 Å². The molecule has 0 nitrogen and oxygen atoms in total. The van der Waals surface area contributed by atoms with Gasteiger partial charge in [-0.3, -0.25) is 0 Å². The van der Waals surface area contributed by atoms with Crippen molar-refractivity contribution >= 4 is 0 Å². The van der Waals surface area contributed by atoms with Crippen LogP contribution < -0.4 is 0 Å². The van der Waals surface area contributed by atoms with E-state index in [4.69, 9.17) is 0 Å². The molecule has 1 unspecified atom stereocenters. The Balaban J connectivity index is 2.88. The second-order valence-corrected chi connectivity index (χ2v) is 4.29. The Bertz CT molecular complexity index is 308. The third-order valence-electron chi connectivity index (χ3n) is 3.16. The van der Waals surface area contributed by atoms with E-state index in [-0.39, 0.29) is 0 Å². The van der Waals surface area contributed by atoms with E-state index in [2.05, 4.69) is 57.2 Å². The molecular formula is C16H24. The van der Waals surface area contributed by atoms with Crippen LogP contribution in [-0.4, -0.2) is 0 Å². The van der Waals surface area contributed by atoms with E-state index in [1.807, 2.05) is 0 Å². The second kappa shape index (κ2) is 7.27. The molecule has 0 fully saturated rings. The Hall–Kier alpha value is -1.04. The van der Waals surface area contributed by atoms with E-state index in [1.54, 1.807) is 5.57 Å². The van der Waals surface area contributed by atoms with Gasteiger partial charge in [0.05, 0.1) is 0 Å². The van der Waals surface area contributed by atoms with Crippen molar-refractivity contribution in [3.63, 3.8) is 0 Å². The van der Waals surface area contributed by atoms with Crippen molar-refractivity contribution in [3.05, 3.63) is 47.5 Å². The highest BCUT2D eigenvalue weighted by atomic mass is 14.2. The molecule has 0 saturated carbocycles. The predicted molar refractivity (Wildman–Crippen MR) is 72.8 cm³/mol. The summed E-state index contributed by atoms with van der Waals surface area (Å²) >= 11 is 0. The van der Waals surface area contributed by atoms with E-state index < -0.39 is 0 Å². The number of hydrogen-bond donors (Lipinski definition) is 0. The zero-order chi connectivity index (χ0) is 11.8. The molecule has 0 aliphatic rings. The molecule has 0 heteroatoms. The average Bonchev–Trinajstić information content (AvgIpc) is 2.35. The molecule has 0 aliphatic heterocycles. The second-order valence-electron chi connectivity index (χ2n) is 4.29. The fourth-order valence-electron chi connectivity index (χ4n) is 2.26. The van der Waals surface area contributed by atoms with Crippen LogP contribution in [0, 0.1) is 0 Å². The minimum absolute atomic E-state index is 0.623. The Morgan fingerprint density at radius 2 is 1.81 bits per heavy atom. The monoisotopic (exact) mass is 216 g/mol. The summed E-state index contributed by atoms with van der Waals surface area (Å²) in [6, 6.07) is 10.9. The van der Waals surface area contributed by atoms with Crippen LogP contribution in [0.5, 0.6) is 0 Å². The number of unbranched alkanes of at least 4 members (excludes halogenated alkanes) is 1. The summed E-state index contributed by atoms with van der Waals surface area (Å²) in [4.78, 5) is 0. The van der Waals surface area contributed by atoms with Gasteiger partial charge in [0.25, 0.3) is 0 Å². The molecule has 0 heterocycles. The standard InChI is InChI=1S/C16H24/c1-4-7-11-14(5-2)16(6-3)15-12-9-8-10-13-15/h8-13,16H,4-7H2,1-3H3. The van der Waals surface area contributed by atoms with Crippen molar-refractivity contribution in [3.8, 4) is 0 Å². The maximum atomic E-state index is 2.45. The number of hydrogen-bond acceptors (Lipinski definition) is 0. The van der Waals surface area contributed by atoms with E-state index in [0.717, 1.165) is 0 Å². The van der Waals surface area contributed by atoms with Crippen LogP contribution in [0.15, 0.2) is 42.0 Å². The highest BCUT2D eigenvalue weighted by Gasteiger charge is 2.12. The van der Waals surface area contributed by atoms with Gasteiger partial charge < -0.3 is 0 Å². The third-order valence-corrected chi connectivity index (χ3v) is 3.16. The molecule has 0 aromatic heterocycles. The lowest BCUT2D eigenvalue weighted by Crippen LogP contribution is -2.01. The predicted octanol–water partition coefficient (Wildman–Crippen LogP) is 5.32. The molecule has 0 saturated heterocycles. The van der Waals surface area contributed by atoms with Gasteiger partial charge in [0, 0.05) is 5.92 Å². The van der Waals surface area contributed by atoms with Crippen LogP contribution in [0.25, 0.3) is 0 Å². The van der Waals surface area contributed by atoms with Gasteiger partial charge in [-0.05, 0) is 24.8 Å². The first-order chi connectivity index (χ1) is 7.83. The van der Waals surface area contributed by atoms with Crippen LogP contribution in [0.4, 0.5) is 0 Å². The summed E-state index contributed by atoms with van der Waals surface area (Å²) in [5.74, 6) is 0.623. The molecule has 0 N–H and O–H groups in total. The minimum Gasteiger partial charge on any atom is -0.0847 e. The molecule has 0 amide bonds. The quantitative estimate of drug-likeness (QED) is 0.565. The minimum atomic E-state index is 0.623. The largest absolute Gasteiger partial charge is 0.0847 e. The molecule has 0 spiro atoms. The lowest BCUT2D eigenvalue weighted by molar-refractivity contribution is 0.721. The topological polar surface area (TPSA) is 0 Å². The lowest BCUT2D eigenvalue weighted by Gasteiger charge is -2.18. The maximum Gasteiger partial charge on any atom is 0.00454 e. The van der Waals surface area contributed by atoms with E-state index in [1.165, 1.54) is 31.2 Å². The van der Waals surface area contributed by atoms with Crippen molar-refractivity contribution in [2.24, 2.45) is 0 Å². The van der Waals surface area contributed by atoms with Crippen LogP contribution in [0.3, 0.4) is 0 Å². The Morgan fingerprint density at radius 3 is 2.31 bits per heavy atom. The molecule has 1 aromatic rings. The molecule has 1 aromatic carbocycles. The van der Waals surface area contributed by atoms with Crippen molar-refractivity contribution in [1.29, 1.82) is 0 Å². The van der Waals surface area contributed by atoms with Crippen molar-refractivity contribution in [1.82, 2.24) is 0 Å². The van der Waals surface area contributed by atoms with Gasteiger partial charge in [0.2, 0.25) is 0 Å². The van der Waals surface area contributed by atoms with Crippen molar-refractivity contribution < 1.29 is 0 Å². The lowest BCUT2D eigenvalue weighted by atomic mass is 9.87. The van der Waals surface area contributed by atoms with Gasteiger partial charge in [-0.1, -0.05) is 69.2 Å². The molecule has 1 atom stereocenters. The molecule has 0 radical (unpaired) electrons. The average molecular weight is 216 g/mol. The summed E-state index contributed by atoms with van der Waals surface area (Å²) in [5.41, 5.74) is 3.07. The number of benzene rings is 1. The summed E-state index contributed by atoms with van der Waals surface area (Å²) in [6.45, 7) is 6.80. The van der Waals surface area contributed by atoms with Crippen LogP contribution >= 0.6 is 0 Å². The van der Waals surface area contributed by atoms with Gasteiger partial charge in [-0.25, -0.2) is 0 Å². The van der Waals surface area contributed by atoms with E-state index in [9.17, 15) is 0 Å². The third kappa shape index (κ3) is 3.52. The molecule has 16 heavy (non-hydrogen) atoms. The van der Waals surface area contributed by atoms with Crippen LogP contribution in [0.2, 0.25) is 0 Å². The van der Waals surface area contributed by atoms with Gasteiger partial charge in [0.1, 0.15) is 0 Å². The maximum absolute atomic E-state index is 2.45. The summed E-state index contributed by atoms with van der Waals surface area (Å²) in [5, 5.41) is 0. The number of allylic oxidation sites excluding steroid dienone is 2. The number of rotatable bonds is 6. The first-order valence-corrected chi connectivity index (χ1v) is 6.57. The first-order valence-electron chi connectivity index (χ1n) is 6.57. The molecule has 88 valence electrons. The summed E-state index contributed by atoms with van der Waals surface area (Å²) in [6.07, 6.45) is 7.28. The Kier molecular flexibility index (Phi) is 5.92. The first kappa shape index (κ1) is 13.0. The Labute approximate surface area is 100 Å². The van der Waals surface area contributed by atoms with Gasteiger partial charge in [0.15, 0.2) is 0 Å². The van der Waals surface area contributed by atoms with E-state index >= 15 is 0 Å². The smallest absolute Gasteiger partial charge is 0.00454 e. The van der Waals surface area contributed by atoms with E-state index in [0.29, 0.717) is 5.92 Å². The fraction of sp³-hybridized carbons (Fsp3) is 0.500. The Morgan fingerprint density at radius 1 is 1.12 bits per heavy atom. The van der Waals surface area contributed by atoms with Gasteiger partial charge >= 0.3 is 0 Å².